The third-order valence-electron chi connectivity index (χ3n) is 25.7. The molecule has 648 valence electrons. The van der Waals surface area contributed by atoms with Crippen LogP contribution < -0.4 is 47.1 Å². The molecule has 6 aliphatic rings. The summed E-state index contributed by atoms with van der Waals surface area (Å²) in [5.74, 6) is 3.95. The number of aryl methyl sites for hydroxylation is 2. The Balaban J connectivity index is 0.000000167. The zero-order chi connectivity index (χ0) is 85.4. The third kappa shape index (κ3) is 17.1. The van der Waals surface area contributed by atoms with Gasteiger partial charge in [-0.1, -0.05) is 137 Å². The normalized spacial score (nSPS) is 21.4. The number of para-hydroxylation sites is 3. The Morgan fingerprint density at radius 2 is 0.828 bits per heavy atom. The van der Waals surface area contributed by atoms with E-state index in [1.54, 1.807) is 46.7 Å². The van der Waals surface area contributed by atoms with Crippen LogP contribution in [0.2, 0.25) is 5.04 Å². The van der Waals surface area contributed by atoms with Crippen LogP contribution in [0.25, 0.3) is 42.0 Å². The predicted molar refractivity (Wildman–Crippen MR) is 468 cm³/mol. The number of nitrogens with zero attached hydrogens (tertiary/aromatic N) is 6. The van der Waals surface area contributed by atoms with E-state index in [2.05, 4.69) is 9.97 Å². The van der Waals surface area contributed by atoms with E-state index in [0.29, 0.717) is 108 Å². The first kappa shape index (κ1) is 88.5. The molecule has 9 heterocycles. The average molecular weight is 1720 g/mol. The third-order valence-corrected chi connectivity index (χ3v) is 32.8. The Kier molecular flexibility index (Phi) is 26.8. The van der Waals surface area contributed by atoms with Crippen LogP contribution in [0.1, 0.15) is 140 Å². The number of hydrogen-bond acceptors (Lipinski definition) is 23. The van der Waals surface area contributed by atoms with E-state index in [4.69, 9.17) is 51.5 Å². The number of oxazole rings is 2. The molecule has 26 nitrogen and oxygen atoms in total. The minimum Gasteiger partial charge on any atom is -0.496 e. The number of thiophene rings is 2. The van der Waals surface area contributed by atoms with Gasteiger partial charge in [0.2, 0.25) is 11.8 Å². The first-order valence-electron chi connectivity index (χ1n) is 41.4. The largest absolute Gasteiger partial charge is 0.496 e. The van der Waals surface area contributed by atoms with Crippen molar-refractivity contribution < 1.29 is 76.1 Å². The molecule has 17 rings (SSSR count). The van der Waals surface area contributed by atoms with E-state index in [9.17, 15) is 34.2 Å². The lowest BCUT2D eigenvalue weighted by atomic mass is 9.91. The molecule has 3 aliphatic carbocycles. The zero-order valence-electron chi connectivity index (χ0n) is 70.0. The number of carboxylic acids is 1. The van der Waals surface area contributed by atoms with Gasteiger partial charge in [-0.15, -0.1) is 22.7 Å². The molecule has 0 bridgehead atoms. The van der Waals surface area contributed by atoms with Crippen LogP contribution in [0.5, 0.6) is 17.2 Å². The summed E-state index contributed by atoms with van der Waals surface area (Å²) in [5, 5.41) is 20.8. The number of ether oxygens (including phenoxy) is 9. The Bertz CT molecular complexity index is 5680. The summed E-state index contributed by atoms with van der Waals surface area (Å²) in [7, 11) is 1.21. The monoisotopic (exact) mass is 1720 g/mol. The fourth-order valence-electron chi connectivity index (χ4n) is 19.0. The Morgan fingerprint density at radius 3 is 1.16 bits per heavy atom. The maximum Gasteiger partial charge on any atom is 0.333 e. The van der Waals surface area contributed by atoms with Crippen LogP contribution in [0, 0.1) is 49.4 Å². The zero-order valence-corrected chi connectivity index (χ0v) is 72.7. The number of fused-ring (bicyclic) bond motifs is 5. The molecule has 0 spiro atoms. The molecular weight excluding hydrogens is 1610 g/mol. The van der Waals surface area contributed by atoms with Gasteiger partial charge in [-0.05, 0) is 160 Å². The van der Waals surface area contributed by atoms with E-state index in [1.165, 1.54) is 66.0 Å². The highest BCUT2D eigenvalue weighted by Crippen LogP contribution is 2.48. The van der Waals surface area contributed by atoms with Crippen molar-refractivity contribution in [1.82, 2.24) is 28.2 Å². The number of aliphatic hydroxyl groups excluding tert-OH is 1. The lowest BCUT2D eigenvalue weighted by molar-refractivity contribution is -0.146. The van der Waals surface area contributed by atoms with Crippen molar-refractivity contribution in [3.05, 3.63) is 228 Å². The standard InChI is InChI=1S/C46H51N3O8SSi.C30H33N3O8S.C16H22O4.CH4/c1-29-39-42(51)49(46(4,5)38(50)25-45(2,3)59(53,33-15-9-7-10-16-33)34-17-11-8-12-18-34)44(52)48(43(39)58-40(29)41-47-21-22-56-41)26-37(35-19-13-14-20-36(35)54-6)57-32-23-30-27-55-28-31(30)24-32;1-16-23-26(34)33(30(2,3)28(35)36)29(37)32(27(23)42-24(16)25-31-9-10-40-25)13-22(20-7-5-6-8-21(20)38-4)41-19-11-17-14-39-15-18(17)12-19;1-18-15-5-3-2-4-14(15)16(8-17)20-13-6-11-9-19-10-12(11)7-13;/h7-22,30-32,37,53H,23-28H2,1-6H3;5-10,17-19,22H,11-15H2,1-4H3,(H,35,36);2-5,11-13,16-17H,6-10H2,1H3;1H4/t30-,31+,32?,37-;17-,18+,19?,22-;11-,12+,13?,16-;/m000./s1. The van der Waals surface area contributed by atoms with Gasteiger partial charge >= 0.3 is 17.3 Å². The highest BCUT2D eigenvalue weighted by Gasteiger charge is 2.53. The lowest BCUT2D eigenvalue weighted by Crippen LogP contribution is -2.66. The molecule has 122 heavy (non-hydrogen) atoms. The van der Waals surface area contributed by atoms with Crippen LogP contribution in [0.4, 0.5) is 0 Å². The molecule has 3 saturated carbocycles. The highest BCUT2D eigenvalue weighted by molar-refractivity contribution is 7.22. The summed E-state index contributed by atoms with van der Waals surface area (Å²) >= 11 is 2.46. The summed E-state index contributed by atoms with van der Waals surface area (Å²) in [4.78, 5) is 109. The average Bonchev–Trinajstić information content (AvgIpc) is 1.36. The number of benzene rings is 5. The van der Waals surface area contributed by atoms with Crippen molar-refractivity contribution in [3.63, 3.8) is 0 Å². The molecule has 6 aromatic heterocycles. The summed E-state index contributed by atoms with van der Waals surface area (Å²) in [6.07, 6.45) is 9.79. The molecule has 3 aliphatic heterocycles. The quantitative estimate of drug-likeness (QED) is 0.0384. The van der Waals surface area contributed by atoms with Crippen LogP contribution in [0.15, 0.2) is 186 Å². The second-order valence-corrected chi connectivity index (χ2v) is 40.2. The summed E-state index contributed by atoms with van der Waals surface area (Å²) in [6, 6.07) is 41.8. The number of methoxy groups -OCH3 is 3. The second kappa shape index (κ2) is 37.0. The van der Waals surface area contributed by atoms with E-state index < -0.39 is 65.1 Å². The molecular formula is C93H110N6O20S2Si. The Labute approximate surface area is 717 Å². The number of aliphatic hydroxyl groups is 1. The smallest absolute Gasteiger partial charge is 0.333 e. The summed E-state index contributed by atoms with van der Waals surface area (Å²) < 4.78 is 69.9. The van der Waals surface area contributed by atoms with Crippen molar-refractivity contribution >= 4 is 73.6 Å². The van der Waals surface area contributed by atoms with Gasteiger partial charge in [0.15, 0.2) is 5.78 Å². The van der Waals surface area contributed by atoms with E-state index in [1.807, 2.05) is 154 Å². The topological polar surface area (TPSA) is 318 Å². The lowest BCUT2D eigenvalue weighted by Gasteiger charge is -2.42. The van der Waals surface area contributed by atoms with Gasteiger partial charge in [0, 0.05) is 62.8 Å². The van der Waals surface area contributed by atoms with Gasteiger partial charge in [-0.2, -0.15) is 0 Å². The first-order chi connectivity index (χ1) is 58.2. The van der Waals surface area contributed by atoms with Crippen LogP contribution in [0.3, 0.4) is 0 Å². The number of Topliss-reactive ketones (excluding diaryl/α,β-unsaturated/α-hetero) is 1. The van der Waals surface area contributed by atoms with Gasteiger partial charge in [-0.25, -0.2) is 33.5 Å². The number of carboxylic acid groups (broad SMARTS) is 1. The Morgan fingerprint density at radius 1 is 0.500 bits per heavy atom. The molecule has 12 atom stereocenters. The molecule has 3 saturated heterocycles. The summed E-state index contributed by atoms with van der Waals surface area (Å²) in [6.45, 7) is 17.9. The SMILES string of the molecule is C.COc1ccccc1[C@H](CO)OC1C[C@H]2COC[C@H]2C1.COc1ccccc1[C@H](Cn1c(=O)n(C(C)(C)C(=O)CC(C)(C)[Si](O)(c2ccccc2)c2ccccc2)c(=O)c2c(C)c(-c3ncco3)sc21)OC1C[C@H]2COC[C@H]2C1.COc1ccccc1[C@H](Cn1c(=O)n(C(C)(C)C(=O)O)c(=O)c2c(C)c(-c3ncco3)sc21)OC1C[C@H]2COC[C@H]2C1. The number of rotatable bonds is 28. The number of carbonyl (C=O) groups is 2. The summed E-state index contributed by atoms with van der Waals surface area (Å²) in [5.41, 5.74) is -2.48. The number of hydrogen-bond donors (Lipinski definition) is 3. The number of carbonyl (C=O) groups excluding carboxylic acids is 1. The van der Waals surface area contributed by atoms with Crippen molar-refractivity contribution in [1.29, 1.82) is 0 Å². The maximum absolute atomic E-state index is 15.3. The highest BCUT2D eigenvalue weighted by atomic mass is 32.1. The maximum atomic E-state index is 15.3. The number of aliphatic carboxylic acids is 1. The fourth-order valence-corrected chi connectivity index (χ4v) is 25.1. The molecule has 0 radical (unpaired) electrons. The van der Waals surface area contributed by atoms with Crippen LogP contribution >= 0.6 is 22.7 Å². The van der Waals surface area contributed by atoms with E-state index in [0.717, 1.165) is 107 Å². The molecule has 0 amide bonds. The van der Waals surface area contributed by atoms with E-state index in [-0.39, 0.29) is 69.1 Å². The van der Waals surface area contributed by atoms with Gasteiger partial charge in [-0.3, -0.25) is 23.5 Å². The first-order valence-corrected chi connectivity index (χ1v) is 44.9. The molecule has 11 aromatic rings. The van der Waals surface area contributed by atoms with E-state index >= 15 is 9.59 Å². The van der Waals surface area contributed by atoms with Gasteiger partial charge in [0.25, 0.3) is 19.4 Å². The van der Waals surface area contributed by atoms with Gasteiger partial charge in [0.1, 0.15) is 68.8 Å². The van der Waals surface area contributed by atoms with Crippen molar-refractivity contribution in [2.24, 2.45) is 35.5 Å². The molecule has 5 aromatic carbocycles. The van der Waals surface area contributed by atoms with Crippen molar-refractivity contribution in [3.8, 4) is 38.8 Å². The van der Waals surface area contributed by atoms with Crippen molar-refractivity contribution in [2.45, 2.75) is 174 Å². The molecule has 29 heteroatoms. The molecule has 6 fully saturated rings. The fraction of sp³-hybridized carbons (Fsp3) is 0.462. The van der Waals surface area contributed by atoms with Crippen LogP contribution in [-0.2, 0) is 62.2 Å². The van der Waals surface area contributed by atoms with Crippen molar-refractivity contribution in [2.75, 3.05) is 67.6 Å². The number of ketones is 1. The minimum atomic E-state index is -3.63. The van der Waals surface area contributed by atoms with Gasteiger partial charge < -0.3 is 66.5 Å². The van der Waals surface area contributed by atoms with Gasteiger partial charge in [0.05, 0.1) is 92.3 Å². The number of aromatic nitrogens is 6. The Hall–Kier alpha value is -9.76. The minimum absolute atomic E-state index is 0. The van der Waals surface area contributed by atoms with Crippen LogP contribution in [-0.4, -0.2) is 149 Å². The molecule has 3 unspecified atom stereocenters. The second-order valence-electron chi connectivity index (χ2n) is 34.3. The predicted octanol–water partition coefficient (Wildman–Crippen LogP) is 13.6. The molecule has 3 N–H and O–H groups in total.